The fraction of sp³-hybridized carbons (Fsp3) is 0.667. The zero-order chi connectivity index (χ0) is 21.5. The van der Waals surface area contributed by atoms with Crippen LogP contribution in [0.5, 0.6) is 11.5 Å². The Kier molecular flexibility index (Phi) is 13.5. The molecule has 0 aliphatic heterocycles. The molecule has 0 heterocycles. The molecule has 1 aromatic rings. The first-order valence-electron chi connectivity index (χ1n) is 11.0. The lowest BCUT2D eigenvalue weighted by atomic mass is 9.88. The molecule has 0 aliphatic carbocycles. The summed E-state index contributed by atoms with van der Waals surface area (Å²) in [4.78, 5) is 24.9. The Morgan fingerprint density at radius 3 is 2.10 bits per heavy atom. The van der Waals surface area contributed by atoms with Crippen LogP contribution in [-0.4, -0.2) is 25.3 Å². The molecule has 0 radical (unpaired) electrons. The van der Waals surface area contributed by atoms with Crippen LogP contribution < -0.4 is 9.47 Å². The lowest BCUT2D eigenvalue weighted by Gasteiger charge is -2.15. The summed E-state index contributed by atoms with van der Waals surface area (Å²) in [6.45, 7) is 4.74. The van der Waals surface area contributed by atoms with Crippen molar-refractivity contribution in [3.05, 3.63) is 23.2 Å². The van der Waals surface area contributed by atoms with E-state index < -0.39 is 0 Å². The van der Waals surface area contributed by atoms with E-state index in [2.05, 4.69) is 13.8 Å². The molecule has 1 rings (SSSR count). The number of halogens is 1. The third kappa shape index (κ3) is 10.2. The fourth-order valence-electron chi connectivity index (χ4n) is 3.26. The molecule has 0 aromatic heterocycles. The predicted octanol–water partition coefficient (Wildman–Crippen LogP) is 6.81. The van der Waals surface area contributed by atoms with Gasteiger partial charge in [0.2, 0.25) is 0 Å². The molecule has 1 aromatic carbocycles. The molecule has 0 amide bonds. The second-order valence-electron chi connectivity index (χ2n) is 7.54. The van der Waals surface area contributed by atoms with Crippen LogP contribution in [0.1, 0.15) is 84.5 Å². The van der Waals surface area contributed by atoms with Gasteiger partial charge in [-0.15, -0.1) is 0 Å². The Labute approximate surface area is 181 Å². The van der Waals surface area contributed by atoms with Crippen molar-refractivity contribution in [2.75, 3.05) is 13.7 Å². The van der Waals surface area contributed by atoms with Crippen molar-refractivity contribution in [1.29, 1.82) is 0 Å². The first-order chi connectivity index (χ1) is 14.0. The van der Waals surface area contributed by atoms with Gasteiger partial charge in [0.05, 0.1) is 24.7 Å². The first-order valence-corrected chi connectivity index (χ1v) is 11.4. The number of ketones is 2. The van der Waals surface area contributed by atoms with E-state index in [-0.39, 0.29) is 17.5 Å². The lowest BCUT2D eigenvalue weighted by molar-refractivity contribution is -0.133. The summed E-state index contributed by atoms with van der Waals surface area (Å²) in [5.74, 6) is 1.27. The topological polar surface area (TPSA) is 52.6 Å². The van der Waals surface area contributed by atoms with Crippen molar-refractivity contribution in [2.24, 2.45) is 5.92 Å². The molecule has 0 saturated heterocycles. The lowest BCUT2D eigenvalue weighted by Crippen LogP contribution is -2.24. The zero-order valence-electron chi connectivity index (χ0n) is 18.3. The van der Waals surface area contributed by atoms with Crippen LogP contribution in [-0.2, 0) is 9.59 Å². The number of hydrogen-bond acceptors (Lipinski definition) is 4. The smallest absolute Gasteiger partial charge is 0.143 e. The van der Waals surface area contributed by atoms with Crippen molar-refractivity contribution in [3.8, 4) is 11.5 Å². The quantitative estimate of drug-likeness (QED) is 0.203. The Morgan fingerprint density at radius 1 is 0.931 bits per heavy atom. The molecule has 4 nitrogen and oxygen atoms in total. The molecule has 5 heteroatoms. The minimum Gasteiger partial charge on any atom is -0.497 e. The molecule has 0 fully saturated rings. The van der Waals surface area contributed by atoms with Crippen molar-refractivity contribution >= 4 is 23.2 Å². The Balaban J connectivity index is 2.31. The van der Waals surface area contributed by atoms with Gasteiger partial charge in [-0.2, -0.15) is 0 Å². The summed E-state index contributed by atoms with van der Waals surface area (Å²) < 4.78 is 10.9. The van der Waals surface area contributed by atoms with Crippen molar-refractivity contribution in [3.63, 3.8) is 0 Å². The van der Waals surface area contributed by atoms with Crippen molar-refractivity contribution < 1.29 is 19.1 Å². The van der Waals surface area contributed by atoms with E-state index >= 15 is 0 Å². The van der Waals surface area contributed by atoms with Crippen LogP contribution in [0.2, 0.25) is 5.02 Å². The van der Waals surface area contributed by atoms with Gasteiger partial charge >= 0.3 is 0 Å². The first kappa shape index (κ1) is 25.5. The maximum absolute atomic E-state index is 12.4. The number of ether oxygens (including phenoxy) is 2. The highest BCUT2D eigenvalue weighted by molar-refractivity contribution is 6.32. The molecule has 0 aliphatic rings. The molecule has 0 saturated carbocycles. The Bertz CT molecular complexity index is 595. The number of rotatable bonds is 17. The SMILES string of the molecule is CCCCC(=O)C(CCCCCCOc1ccc(OC)cc1Cl)C(=O)CCCC. The maximum atomic E-state index is 12.4. The van der Waals surface area contributed by atoms with Crippen LogP contribution in [0.15, 0.2) is 18.2 Å². The summed E-state index contributed by atoms with van der Waals surface area (Å²) in [5, 5.41) is 0.545. The van der Waals surface area contributed by atoms with E-state index in [1.165, 1.54) is 0 Å². The molecular weight excluding hydrogens is 388 g/mol. The molecule has 0 unspecified atom stereocenters. The number of carbonyl (C=O) groups excluding carboxylic acids is 2. The monoisotopic (exact) mass is 424 g/mol. The van der Waals surface area contributed by atoms with Gasteiger partial charge in [-0.3, -0.25) is 9.59 Å². The number of methoxy groups -OCH3 is 1. The number of hydrogen-bond donors (Lipinski definition) is 0. The summed E-state index contributed by atoms with van der Waals surface area (Å²) >= 11 is 6.17. The van der Waals surface area contributed by atoms with Crippen LogP contribution in [0, 0.1) is 5.92 Å². The molecule has 29 heavy (non-hydrogen) atoms. The minimum absolute atomic E-state index is 0.144. The third-order valence-corrected chi connectivity index (χ3v) is 5.41. The van der Waals surface area contributed by atoms with E-state index in [1.807, 2.05) is 12.1 Å². The second-order valence-corrected chi connectivity index (χ2v) is 7.95. The molecular formula is C24H37ClO4. The van der Waals surface area contributed by atoms with E-state index in [9.17, 15) is 9.59 Å². The van der Waals surface area contributed by atoms with Gasteiger partial charge < -0.3 is 9.47 Å². The Morgan fingerprint density at radius 2 is 1.55 bits per heavy atom. The largest absolute Gasteiger partial charge is 0.497 e. The summed E-state index contributed by atoms with van der Waals surface area (Å²) in [7, 11) is 1.60. The molecule has 0 N–H and O–H groups in total. The number of unbranched alkanes of at least 4 members (excludes halogenated alkanes) is 5. The highest BCUT2D eigenvalue weighted by Gasteiger charge is 2.24. The van der Waals surface area contributed by atoms with Crippen LogP contribution in [0.4, 0.5) is 0 Å². The minimum atomic E-state index is -0.387. The third-order valence-electron chi connectivity index (χ3n) is 5.11. The average Bonchev–Trinajstić information content (AvgIpc) is 2.73. The van der Waals surface area contributed by atoms with Crippen molar-refractivity contribution in [1.82, 2.24) is 0 Å². The van der Waals surface area contributed by atoms with Gasteiger partial charge in [0.15, 0.2) is 0 Å². The van der Waals surface area contributed by atoms with Crippen LogP contribution in [0.25, 0.3) is 0 Å². The second kappa shape index (κ2) is 15.3. The predicted molar refractivity (Wildman–Crippen MR) is 119 cm³/mol. The normalized spacial score (nSPS) is 10.9. The molecule has 0 bridgehead atoms. The fourth-order valence-corrected chi connectivity index (χ4v) is 3.49. The van der Waals surface area contributed by atoms with E-state index in [0.717, 1.165) is 51.4 Å². The maximum Gasteiger partial charge on any atom is 0.143 e. The summed E-state index contributed by atoms with van der Waals surface area (Å²) in [6.07, 6.45) is 9.32. The molecule has 0 spiro atoms. The van der Waals surface area contributed by atoms with Gasteiger partial charge in [0, 0.05) is 18.9 Å². The van der Waals surface area contributed by atoms with Gasteiger partial charge in [0.25, 0.3) is 0 Å². The van der Waals surface area contributed by atoms with Gasteiger partial charge in [0.1, 0.15) is 23.1 Å². The van der Waals surface area contributed by atoms with E-state index in [0.29, 0.717) is 42.4 Å². The van der Waals surface area contributed by atoms with E-state index in [4.69, 9.17) is 21.1 Å². The Hall–Kier alpha value is -1.55. The summed E-state index contributed by atoms with van der Waals surface area (Å²) in [5.41, 5.74) is 0. The average molecular weight is 425 g/mol. The van der Waals surface area contributed by atoms with Gasteiger partial charge in [-0.1, -0.05) is 57.6 Å². The number of Topliss-reactive ketones (excluding diaryl/α,β-unsaturated/α-hetero) is 2. The highest BCUT2D eigenvalue weighted by Crippen LogP contribution is 2.28. The van der Waals surface area contributed by atoms with Crippen LogP contribution in [0.3, 0.4) is 0 Å². The number of carbonyl (C=O) groups is 2. The number of benzene rings is 1. The summed E-state index contributed by atoms with van der Waals surface area (Å²) in [6, 6.07) is 5.38. The standard InChI is InChI=1S/C24H37ClO4/c1-4-6-13-22(26)20(23(27)14-7-5-2)12-10-8-9-11-17-29-24-16-15-19(28-3)18-21(24)25/h15-16,18,20H,4-14,17H2,1-3H3. The van der Waals surface area contributed by atoms with E-state index in [1.54, 1.807) is 13.2 Å². The molecule has 0 atom stereocenters. The van der Waals surface area contributed by atoms with Crippen molar-refractivity contribution in [2.45, 2.75) is 84.5 Å². The zero-order valence-corrected chi connectivity index (χ0v) is 19.1. The van der Waals surface area contributed by atoms with Gasteiger partial charge in [-0.05, 0) is 37.8 Å². The highest BCUT2D eigenvalue weighted by atomic mass is 35.5. The molecule has 164 valence electrons. The van der Waals surface area contributed by atoms with Crippen LogP contribution >= 0.6 is 11.6 Å². The van der Waals surface area contributed by atoms with Gasteiger partial charge in [-0.25, -0.2) is 0 Å².